The fraction of sp³-hybridized carbons (Fsp3) is 0.897. The van der Waals surface area contributed by atoms with Crippen LogP contribution < -0.4 is 0 Å². The highest BCUT2D eigenvalue weighted by Gasteiger charge is 2.72. The van der Waals surface area contributed by atoms with E-state index in [4.69, 9.17) is 23.7 Å². The third-order valence-corrected chi connectivity index (χ3v) is 12.0. The summed E-state index contributed by atoms with van der Waals surface area (Å²) in [6.45, 7) is 15.6. The van der Waals surface area contributed by atoms with Crippen molar-refractivity contribution in [1.82, 2.24) is 0 Å². The first-order valence-electron chi connectivity index (χ1n) is 14.0. The molecule has 0 aromatic carbocycles. The van der Waals surface area contributed by atoms with Gasteiger partial charge in [-0.25, -0.2) is 0 Å². The molecule has 2 bridgehead atoms. The number of fused-ring (bicyclic) bond motifs is 8. The lowest BCUT2D eigenvalue weighted by molar-refractivity contribution is -0.385. The molecule has 0 radical (unpaired) electrons. The molecule has 0 aromatic heterocycles. The smallest absolute Gasteiger partial charge is 0.306 e. The highest BCUT2D eigenvalue weighted by atomic mass is 16.9. The zero-order valence-electron chi connectivity index (χ0n) is 22.4. The maximum atomic E-state index is 12.1. The molecule has 3 aliphatic carbocycles. The van der Waals surface area contributed by atoms with E-state index in [1.807, 2.05) is 6.92 Å². The predicted molar refractivity (Wildman–Crippen MR) is 128 cm³/mol. The van der Waals surface area contributed by atoms with E-state index in [0.29, 0.717) is 30.1 Å². The van der Waals surface area contributed by atoms with Gasteiger partial charge in [0, 0.05) is 38.0 Å². The lowest BCUT2D eigenvalue weighted by atomic mass is 9.53. The molecule has 0 aromatic rings. The molecule has 0 amide bonds. The number of rotatable bonds is 2. The molecule has 2 saturated carbocycles. The van der Waals surface area contributed by atoms with Gasteiger partial charge in [-0.3, -0.25) is 4.79 Å². The Morgan fingerprint density at radius 3 is 2.54 bits per heavy atom. The highest BCUT2D eigenvalue weighted by Crippen LogP contribution is 2.68. The van der Waals surface area contributed by atoms with Crippen LogP contribution in [0.15, 0.2) is 11.6 Å². The summed E-state index contributed by atoms with van der Waals surface area (Å²) in [5.41, 5.74) is 0.579. The molecule has 4 saturated heterocycles. The normalized spacial score (nSPS) is 58.3. The second kappa shape index (κ2) is 6.73. The van der Waals surface area contributed by atoms with E-state index in [-0.39, 0.29) is 46.8 Å². The summed E-state index contributed by atoms with van der Waals surface area (Å²) >= 11 is 0. The molecule has 6 fully saturated rings. The van der Waals surface area contributed by atoms with Crippen LogP contribution in [0.3, 0.4) is 0 Å². The number of esters is 1. The minimum atomic E-state index is -0.963. The largest absolute Gasteiger partial charge is 0.456 e. The molecule has 7 aliphatic rings. The first-order valence-corrected chi connectivity index (χ1v) is 14.0. The molecule has 4 heterocycles. The van der Waals surface area contributed by atoms with Crippen molar-refractivity contribution < 1.29 is 28.5 Å². The van der Waals surface area contributed by atoms with Gasteiger partial charge in [0.2, 0.25) is 0 Å². The van der Waals surface area contributed by atoms with Crippen molar-refractivity contribution in [3.05, 3.63) is 11.6 Å². The van der Waals surface area contributed by atoms with Crippen molar-refractivity contribution in [2.75, 3.05) is 0 Å². The van der Waals surface area contributed by atoms with Crippen LogP contribution in [0, 0.1) is 35.0 Å². The van der Waals surface area contributed by atoms with Crippen LogP contribution in [0.5, 0.6) is 0 Å². The summed E-state index contributed by atoms with van der Waals surface area (Å²) in [5, 5.41) is 0. The minimum absolute atomic E-state index is 0.0551. The van der Waals surface area contributed by atoms with Gasteiger partial charge in [-0.2, -0.15) is 0 Å². The predicted octanol–water partition coefficient (Wildman–Crippen LogP) is 5.14. The third kappa shape index (κ3) is 2.83. The Morgan fingerprint density at radius 2 is 1.86 bits per heavy atom. The molecule has 0 N–H and O–H groups in total. The third-order valence-electron chi connectivity index (χ3n) is 12.0. The van der Waals surface area contributed by atoms with E-state index in [1.165, 1.54) is 18.4 Å². The van der Waals surface area contributed by atoms with Crippen molar-refractivity contribution in [2.24, 2.45) is 35.0 Å². The Labute approximate surface area is 209 Å². The van der Waals surface area contributed by atoms with Crippen LogP contribution in [0.25, 0.3) is 0 Å². The number of allylic oxidation sites excluding steroid dienone is 1. The number of carbonyl (C=O) groups excluding carboxylic acids is 1. The van der Waals surface area contributed by atoms with Crippen molar-refractivity contribution >= 4 is 5.97 Å². The van der Waals surface area contributed by atoms with E-state index in [2.05, 4.69) is 47.6 Å². The number of epoxide rings is 1. The Bertz CT molecular complexity index is 1000. The number of hydrogen-bond acceptors (Lipinski definition) is 6. The van der Waals surface area contributed by atoms with E-state index < -0.39 is 11.6 Å². The minimum Gasteiger partial charge on any atom is -0.456 e. The van der Waals surface area contributed by atoms with Crippen LogP contribution in [0.2, 0.25) is 0 Å². The van der Waals surface area contributed by atoms with Gasteiger partial charge in [0.1, 0.15) is 17.3 Å². The molecular formula is C29H42O6. The van der Waals surface area contributed by atoms with Crippen LogP contribution >= 0.6 is 0 Å². The summed E-state index contributed by atoms with van der Waals surface area (Å²) in [6.07, 6.45) is 8.66. The van der Waals surface area contributed by atoms with Crippen molar-refractivity contribution in [3.63, 3.8) is 0 Å². The lowest BCUT2D eigenvalue weighted by Crippen LogP contribution is -2.55. The van der Waals surface area contributed by atoms with Gasteiger partial charge in [0.15, 0.2) is 0 Å². The van der Waals surface area contributed by atoms with Crippen LogP contribution in [-0.2, 0) is 28.5 Å². The number of hydrogen-bond donors (Lipinski definition) is 0. The van der Waals surface area contributed by atoms with Gasteiger partial charge >= 0.3 is 5.97 Å². The molecule has 12 atom stereocenters. The van der Waals surface area contributed by atoms with Crippen molar-refractivity contribution in [1.29, 1.82) is 0 Å². The van der Waals surface area contributed by atoms with Crippen LogP contribution in [0.1, 0.15) is 87.0 Å². The van der Waals surface area contributed by atoms with Gasteiger partial charge in [-0.1, -0.05) is 32.4 Å². The van der Waals surface area contributed by atoms with E-state index in [0.717, 1.165) is 19.3 Å². The molecule has 7 rings (SSSR count). The molecule has 194 valence electrons. The van der Waals surface area contributed by atoms with Gasteiger partial charge in [0.05, 0.1) is 17.8 Å². The monoisotopic (exact) mass is 486 g/mol. The first-order chi connectivity index (χ1) is 16.3. The summed E-state index contributed by atoms with van der Waals surface area (Å²) in [4.78, 5) is 12.1. The number of ether oxygens (including phenoxy) is 5. The van der Waals surface area contributed by atoms with E-state index in [1.54, 1.807) is 0 Å². The molecule has 6 heteroatoms. The number of carbonyl (C=O) groups is 1. The Kier molecular flexibility index (Phi) is 4.46. The zero-order valence-corrected chi connectivity index (χ0v) is 22.4. The summed E-state index contributed by atoms with van der Waals surface area (Å²) < 4.78 is 31.5. The second-order valence-corrected chi connectivity index (χ2v) is 13.9. The van der Waals surface area contributed by atoms with Crippen LogP contribution in [-0.4, -0.2) is 47.1 Å². The fourth-order valence-corrected chi connectivity index (χ4v) is 9.79. The molecule has 0 unspecified atom stereocenters. The second-order valence-electron chi connectivity index (χ2n) is 13.9. The van der Waals surface area contributed by atoms with E-state index in [9.17, 15) is 4.79 Å². The van der Waals surface area contributed by atoms with Crippen molar-refractivity contribution in [3.8, 4) is 0 Å². The average Bonchev–Trinajstić information content (AvgIpc) is 3.32. The van der Waals surface area contributed by atoms with Crippen molar-refractivity contribution in [2.45, 2.75) is 128 Å². The summed E-state index contributed by atoms with van der Waals surface area (Å²) in [7, 11) is 0. The maximum absolute atomic E-state index is 12.1. The van der Waals surface area contributed by atoms with Gasteiger partial charge < -0.3 is 23.7 Å². The van der Waals surface area contributed by atoms with E-state index >= 15 is 0 Å². The quantitative estimate of drug-likeness (QED) is 0.306. The standard InChI is InChI=1S/C29H42O6/c1-15(20-14-27(6)25(3,4)34-28(7,32-20)35-27)18-8-9-19-22-17(10-12-26(18,19)5)16(2)29(24-23(22)31-24)13-11-21(30)33-29/h10,15-16,18-20,22-24H,8-9,11-14H2,1-7H3/t15-,16-,18+,19-,20+,22+,23-,24-,26+,27+,28-,29+/m0/s1. The molecule has 35 heavy (non-hydrogen) atoms. The Morgan fingerprint density at radius 1 is 1.09 bits per heavy atom. The van der Waals surface area contributed by atoms with Gasteiger partial charge in [-0.05, 0) is 63.2 Å². The van der Waals surface area contributed by atoms with Gasteiger partial charge in [0.25, 0.3) is 5.97 Å². The maximum Gasteiger partial charge on any atom is 0.306 e. The summed E-state index contributed by atoms with van der Waals surface area (Å²) in [6, 6.07) is 0. The molecular weight excluding hydrogens is 444 g/mol. The lowest BCUT2D eigenvalue weighted by Gasteiger charge is -2.52. The zero-order chi connectivity index (χ0) is 24.8. The topological polar surface area (TPSA) is 66.5 Å². The fourth-order valence-electron chi connectivity index (χ4n) is 9.79. The highest BCUT2D eigenvalue weighted by molar-refractivity contribution is 5.73. The van der Waals surface area contributed by atoms with Gasteiger partial charge in [-0.15, -0.1) is 0 Å². The summed E-state index contributed by atoms with van der Waals surface area (Å²) in [5.74, 6) is 1.29. The average molecular weight is 487 g/mol. The van der Waals surface area contributed by atoms with Crippen LogP contribution in [0.4, 0.5) is 0 Å². The first kappa shape index (κ1) is 23.2. The SMILES string of the molecule is C[C@@H]([C@H]1CC[C@H]2[C@H]3C(=CC[C@]12C)[C@H](C)[C@]1(CCC(=O)O1)[C@H]1O[C@@H]31)[C@H]1C[C@@]2(C)O[C@@](C)(O1)OC2(C)C. The Hall–Kier alpha value is -0.950. The molecule has 6 nitrogen and oxygen atoms in total. The molecule has 4 aliphatic heterocycles. The molecule has 1 spiro atoms. The Balaban J connectivity index is 1.16.